The first-order chi connectivity index (χ1) is 10.2. The molecule has 0 saturated carbocycles. The highest BCUT2D eigenvalue weighted by Crippen LogP contribution is 2.29. The van der Waals surface area contributed by atoms with E-state index in [2.05, 4.69) is 22.3 Å². The Bertz CT molecular complexity index is 535. The molecule has 112 valence electrons. The maximum absolute atomic E-state index is 12.2. The Labute approximate surface area is 124 Å². The predicted octanol–water partition coefficient (Wildman–Crippen LogP) is 0.959. The van der Waals surface area contributed by atoms with Crippen LogP contribution in [-0.2, 0) is 9.59 Å². The molecule has 0 radical (unpaired) electrons. The first-order valence-corrected chi connectivity index (χ1v) is 7.53. The fraction of sp³-hybridized carbons (Fsp3) is 0.500. The Morgan fingerprint density at radius 3 is 2.43 bits per heavy atom. The molecule has 0 bridgehead atoms. The van der Waals surface area contributed by atoms with Crippen molar-refractivity contribution in [2.75, 3.05) is 38.1 Å². The van der Waals surface area contributed by atoms with Crippen molar-refractivity contribution >= 4 is 17.5 Å². The van der Waals surface area contributed by atoms with Gasteiger partial charge in [-0.2, -0.15) is 0 Å². The van der Waals surface area contributed by atoms with Crippen LogP contribution in [0.2, 0.25) is 0 Å². The SMILES string of the molecule is CN1C(=O)CCC(c2ccc(N3CCNCC3)cc2)C1=O. The van der Waals surface area contributed by atoms with Gasteiger partial charge in [-0.3, -0.25) is 14.5 Å². The third-order valence-corrected chi connectivity index (χ3v) is 4.43. The zero-order chi connectivity index (χ0) is 14.8. The summed E-state index contributed by atoms with van der Waals surface area (Å²) in [6.07, 6.45) is 1.07. The maximum atomic E-state index is 12.2. The van der Waals surface area contributed by atoms with Crippen LogP contribution in [0.5, 0.6) is 0 Å². The topological polar surface area (TPSA) is 52.7 Å². The van der Waals surface area contributed by atoms with Gasteiger partial charge in [0.05, 0.1) is 5.92 Å². The molecule has 2 saturated heterocycles. The quantitative estimate of drug-likeness (QED) is 0.823. The summed E-state index contributed by atoms with van der Waals surface area (Å²) in [5.41, 5.74) is 2.21. The lowest BCUT2D eigenvalue weighted by Crippen LogP contribution is -2.43. The number of carbonyl (C=O) groups excluding carboxylic acids is 2. The van der Waals surface area contributed by atoms with Gasteiger partial charge in [0, 0.05) is 45.3 Å². The second kappa shape index (κ2) is 5.85. The molecule has 1 aromatic rings. The summed E-state index contributed by atoms with van der Waals surface area (Å²) in [5.74, 6) is -0.334. The Morgan fingerprint density at radius 2 is 1.76 bits per heavy atom. The van der Waals surface area contributed by atoms with E-state index in [0.717, 1.165) is 31.7 Å². The largest absolute Gasteiger partial charge is 0.369 e. The summed E-state index contributed by atoms with van der Waals surface area (Å²) in [6, 6.07) is 8.24. The monoisotopic (exact) mass is 287 g/mol. The third-order valence-electron chi connectivity index (χ3n) is 4.43. The minimum absolute atomic E-state index is 0.0753. The predicted molar refractivity (Wildman–Crippen MR) is 81.3 cm³/mol. The van der Waals surface area contributed by atoms with Gasteiger partial charge in [-0.15, -0.1) is 0 Å². The van der Waals surface area contributed by atoms with Gasteiger partial charge in [0.1, 0.15) is 0 Å². The molecule has 2 heterocycles. The van der Waals surface area contributed by atoms with Gasteiger partial charge < -0.3 is 10.2 Å². The second-order valence-electron chi connectivity index (χ2n) is 5.71. The molecule has 2 fully saturated rings. The van der Waals surface area contributed by atoms with Crippen molar-refractivity contribution in [1.29, 1.82) is 0 Å². The van der Waals surface area contributed by atoms with Crippen LogP contribution in [0, 0.1) is 0 Å². The average Bonchev–Trinajstić information content (AvgIpc) is 2.54. The molecular weight excluding hydrogens is 266 g/mol. The lowest BCUT2D eigenvalue weighted by molar-refractivity contribution is -0.147. The number of imide groups is 1. The highest BCUT2D eigenvalue weighted by atomic mass is 16.2. The standard InChI is InChI=1S/C16H21N3O2/c1-18-15(20)7-6-14(16(18)21)12-2-4-13(5-3-12)19-10-8-17-9-11-19/h2-5,14,17H,6-11H2,1H3. The number of likely N-dealkylation sites (N-methyl/N-ethyl adjacent to an activating group) is 1. The molecule has 0 aromatic heterocycles. The van der Waals surface area contributed by atoms with Crippen LogP contribution in [0.15, 0.2) is 24.3 Å². The molecule has 2 aliphatic rings. The van der Waals surface area contributed by atoms with Crippen LogP contribution in [0.4, 0.5) is 5.69 Å². The summed E-state index contributed by atoms with van der Waals surface area (Å²) < 4.78 is 0. The molecule has 5 heteroatoms. The number of nitrogens with zero attached hydrogens (tertiary/aromatic N) is 2. The van der Waals surface area contributed by atoms with E-state index in [9.17, 15) is 9.59 Å². The minimum atomic E-state index is -0.176. The van der Waals surface area contributed by atoms with Gasteiger partial charge in [-0.1, -0.05) is 12.1 Å². The minimum Gasteiger partial charge on any atom is -0.369 e. The summed E-state index contributed by atoms with van der Waals surface area (Å²) in [6.45, 7) is 4.05. The summed E-state index contributed by atoms with van der Waals surface area (Å²) in [4.78, 5) is 27.4. The first-order valence-electron chi connectivity index (χ1n) is 7.53. The Balaban J connectivity index is 1.74. The molecule has 0 aliphatic carbocycles. The van der Waals surface area contributed by atoms with E-state index >= 15 is 0 Å². The van der Waals surface area contributed by atoms with E-state index in [1.807, 2.05) is 12.1 Å². The average molecular weight is 287 g/mol. The molecule has 3 rings (SSSR count). The Hall–Kier alpha value is -1.88. The maximum Gasteiger partial charge on any atom is 0.236 e. The van der Waals surface area contributed by atoms with E-state index in [1.54, 1.807) is 7.05 Å². The molecule has 1 aromatic carbocycles. The van der Waals surface area contributed by atoms with E-state index in [4.69, 9.17) is 0 Å². The number of anilines is 1. The van der Waals surface area contributed by atoms with Crippen LogP contribution in [0.3, 0.4) is 0 Å². The van der Waals surface area contributed by atoms with Crippen molar-refractivity contribution in [2.45, 2.75) is 18.8 Å². The van der Waals surface area contributed by atoms with Crippen LogP contribution in [0.1, 0.15) is 24.3 Å². The number of hydrogen-bond acceptors (Lipinski definition) is 4. The number of carbonyl (C=O) groups is 2. The highest BCUT2D eigenvalue weighted by Gasteiger charge is 2.32. The fourth-order valence-electron chi connectivity index (χ4n) is 3.07. The van der Waals surface area contributed by atoms with E-state index in [-0.39, 0.29) is 17.7 Å². The number of piperidine rings is 1. The van der Waals surface area contributed by atoms with Crippen LogP contribution in [0.25, 0.3) is 0 Å². The van der Waals surface area contributed by atoms with Crippen molar-refractivity contribution in [3.63, 3.8) is 0 Å². The molecule has 1 atom stereocenters. The van der Waals surface area contributed by atoms with Crippen LogP contribution in [-0.4, -0.2) is 49.9 Å². The summed E-state index contributed by atoms with van der Waals surface area (Å²) in [7, 11) is 1.58. The number of benzene rings is 1. The summed E-state index contributed by atoms with van der Waals surface area (Å²) in [5, 5.41) is 3.34. The number of rotatable bonds is 2. The van der Waals surface area contributed by atoms with E-state index in [0.29, 0.717) is 12.8 Å². The molecule has 21 heavy (non-hydrogen) atoms. The molecule has 2 amide bonds. The number of piperazine rings is 1. The van der Waals surface area contributed by atoms with Gasteiger partial charge in [0.25, 0.3) is 0 Å². The van der Waals surface area contributed by atoms with Crippen molar-refractivity contribution in [3.8, 4) is 0 Å². The zero-order valence-electron chi connectivity index (χ0n) is 12.3. The number of hydrogen-bond donors (Lipinski definition) is 1. The molecular formula is C16H21N3O2. The third kappa shape index (κ3) is 2.78. The van der Waals surface area contributed by atoms with Gasteiger partial charge >= 0.3 is 0 Å². The zero-order valence-corrected chi connectivity index (χ0v) is 12.3. The smallest absolute Gasteiger partial charge is 0.236 e. The van der Waals surface area contributed by atoms with Gasteiger partial charge in [0.2, 0.25) is 11.8 Å². The van der Waals surface area contributed by atoms with Crippen LogP contribution < -0.4 is 10.2 Å². The fourth-order valence-corrected chi connectivity index (χ4v) is 3.07. The van der Waals surface area contributed by atoms with Crippen molar-refractivity contribution in [3.05, 3.63) is 29.8 Å². The Morgan fingerprint density at radius 1 is 1.10 bits per heavy atom. The number of amides is 2. The van der Waals surface area contributed by atoms with Crippen molar-refractivity contribution < 1.29 is 9.59 Å². The van der Waals surface area contributed by atoms with Crippen LogP contribution >= 0.6 is 0 Å². The van der Waals surface area contributed by atoms with Crippen molar-refractivity contribution in [1.82, 2.24) is 10.2 Å². The highest BCUT2D eigenvalue weighted by molar-refractivity contribution is 6.00. The molecule has 1 unspecified atom stereocenters. The number of nitrogens with one attached hydrogen (secondary N) is 1. The molecule has 2 aliphatic heterocycles. The van der Waals surface area contributed by atoms with Gasteiger partial charge in [-0.05, 0) is 24.1 Å². The van der Waals surface area contributed by atoms with E-state index in [1.165, 1.54) is 10.6 Å². The van der Waals surface area contributed by atoms with Gasteiger partial charge in [0.15, 0.2) is 0 Å². The second-order valence-corrected chi connectivity index (χ2v) is 5.71. The number of likely N-dealkylation sites (tertiary alicyclic amines) is 1. The van der Waals surface area contributed by atoms with E-state index < -0.39 is 0 Å². The Kier molecular flexibility index (Phi) is 3.92. The molecule has 5 nitrogen and oxygen atoms in total. The lowest BCUT2D eigenvalue weighted by Gasteiger charge is -2.30. The normalized spacial score (nSPS) is 23.6. The van der Waals surface area contributed by atoms with Gasteiger partial charge in [-0.25, -0.2) is 0 Å². The summed E-state index contributed by atoms with van der Waals surface area (Å²) >= 11 is 0. The molecule has 0 spiro atoms. The molecule has 1 N–H and O–H groups in total. The first kappa shape index (κ1) is 14.1. The van der Waals surface area contributed by atoms with Crippen molar-refractivity contribution in [2.24, 2.45) is 0 Å². The lowest BCUT2D eigenvalue weighted by atomic mass is 9.89.